The van der Waals surface area contributed by atoms with Crippen LogP contribution in [0.5, 0.6) is 0 Å². The van der Waals surface area contributed by atoms with Crippen molar-refractivity contribution >= 4 is 11.8 Å². The number of amides is 2. The quantitative estimate of drug-likeness (QED) is 0.784. The van der Waals surface area contributed by atoms with Crippen molar-refractivity contribution in [3.8, 4) is 0 Å². The van der Waals surface area contributed by atoms with Gasteiger partial charge in [-0.05, 0) is 31.6 Å². The molecule has 2 amide bonds. The fraction of sp³-hybridized carbons (Fsp3) is 0.579. The normalized spacial score (nSPS) is 18.9. The molecule has 0 aliphatic carbocycles. The highest BCUT2D eigenvalue weighted by atomic mass is 19.4. The second-order valence-electron chi connectivity index (χ2n) is 7.11. The number of hydrogen-bond acceptors (Lipinski definition) is 3. The van der Waals surface area contributed by atoms with Gasteiger partial charge in [-0.15, -0.1) is 0 Å². The highest BCUT2D eigenvalue weighted by Crippen LogP contribution is 2.24. The van der Waals surface area contributed by atoms with Crippen LogP contribution in [0, 0.1) is 5.92 Å². The SMILES string of the molecule is CCc1ccc(C(CNC(=O)C2CC(=O)N(CC(F)(F)F)C2)N(C)C)cc1. The summed E-state index contributed by atoms with van der Waals surface area (Å²) >= 11 is 0. The summed E-state index contributed by atoms with van der Waals surface area (Å²) in [6, 6.07) is 8.04. The first-order valence-electron chi connectivity index (χ1n) is 8.98. The maximum absolute atomic E-state index is 12.5. The van der Waals surface area contributed by atoms with E-state index in [1.165, 1.54) is 5.56 Å². The Balaban J connectivity index is 1.95. The molecule has 1 aliphatic rings. The van der Waals surface area contributed by atoms with Gasteiger partial charge in [0.1, 0.15) is 6.54 Å². The maximum atomic E-state index is 12.5. The number of hydrogen-bond donors (Lipinski definition) is 1. The molecule has 8 heteroatoms. The van der Waals surface area contributed by atoms with E-state index in [9.17, 15) is 22.8 Å². The van der Waals surface area contributed by atoms with Crippen LogP contribution < -0.4 is 5.32 Å². The number of nitrogens with zero attached hydrogens (tertiary/aromatic N) is 2. The number of benzene rings is 1. The number of likely N-dealkylation sites (N-methyl/N-ethyl adjacent to an activating group) is 1. The van der Waals surface area contributed by atoms with Gasteiger partial charge in [-0.2, -0.15) is 13.2 Å². The smallest absolute Gasteiger partial charge is 0.354 e. The van der Waals surface area contributed by atoms with Gasteiger partial charge in [-0.1, -0.05) is 31.2 Å². The summed E-state index contributed by atoms with van der Waals surface area (Å²) in [5.74, 6) is -1.76. The van der Waals surface area contributed by atoms with Crippen LogP contribution in [0.4, 0.5) is 13.2 Å². The van der Waals surface area contributed by atoms with E-state index in [-0.39, 0.29) is 24.9 Å². The lowest BCUT2D eigenvalue weighted by molar-refractivity contribution is -0.157. The number of carbonyl (C=O) groups is 2. The van der Waals surface area contributed by atoms with E-state index in [1.54, 1.807) is 0 Å². The van der Waals surface area contributed by atoms with Crippen molar-refractivity contribution in [2.75, 3.05) is 33.7 Å². The van der Waals surface area contributed by atoms with Crippen LogP contribution in [-0.2, 0) is 16.0 Å². The molecule has 1 aliphatic heterocycles. The van der Waals surface area contributed by atoms with E-state index < -0.39 is 24.5 Å². The fourth-order valence-corrected chi connectivity index (χ4v) is 3.23. The molecule has 2 atom stereocenters. The van der Waals surface area contributed by atoms with Crippen LogP contribution in [0.3, 0.4) is 0 Å². The first kappa shape index (κ1) is 21.2. The molecule has 5 nitrogen and oxygen atoms in total. The van der Waals surface area contributed by atoms with Crippen LogP contribution in [0.2, 0.25) is 0 Å². The highest BCUT2D eigenvalue weighted by Gasteiger charge is 2.40. The predicted molar refractivity (Wildman–Crippen MR) is 96.0 cm³/mol. The predicted octanol–water partition coefficient (Wildman–Crippen LogP) is 2.38. The van der Waals surface area contributed by atoms with Crippen molar-refractivity contribution in [2.24, 2.45) is 5.92 Å². The average molecular weight is 385 g/mol. The molecule has 1 N–H and O–H groups in total. The first-order valence-corrected chi connectivity index (χ1v) is 8.98. The summed E-state index contributed by atoms with van der Waals surface area (Å²) in [6.45, 7) is 0.895. The van der Waals surface area contributed by atoms with Gasteiger partial charge < -0.3 is 15.1 Å². The maximum Gasteiger partial charge on any atom is 0.406 e. The van der Waals surface area contributed by atoms with Gasteiger partial charge >= 0.3 is 6.18 Å². The molecule has 1 heterocycles. The van der Waals surface area contributed by atoms with Gasteiger partial charge in [0.2, 0.25) is 11.8 Å². The summed E-state index contributed by atoms with van der Waals surface area (Å²) < 4.78 is 37.5. The number of likely N-dealkylation sites (tertiary alicyclic amines) is 1. The summed E-state index contributed by atoms with van der Waals surface area (Å²) in [4.78, 5) is 26.8. The van der Waals surface area contributed by atoms with E-state index in [1.807, 2.05) is 43.3 Å². The Hall–Kier alpha value is -2.09. The molecule has 2 unspecified atom stereocenters. The van der Waals surface area contributed by atoms with E-state index in [0.717, 1.165) is 12.0 Å². The largest absolute Gasteiger partial charge is 0.406 e. The van der Waals surface area contributed by atoms with Crippen molar-refractivity contribution in [3.05, 3.63) is 35.4 Å². The van der Waals surface area contributed by atoms with Crippen molar-refractivity contribution in [2.45, 2.75) is 32.0 Å². The Morgan fingerprint density at radius 3 is 2.44 bits per heavy atom. The Morgan fingerprint density at radius 1 is 1.30 bits per heavy atom. The van der Waals surface area contributed by atoms with E-state index in [4.69, 9.17) is 0 Å². The molecular weight excluding hydrogens is 359 g/mol. The zero-order valence-electron chi connectivity index (χ0n) is 15.8. The van der Waals surface area contributed by atoms with E-state index in [0.29, 0.717) is 11.4 Å². The van der Waals surface area contributed by atoms with Crippen molar-refractivity contribution in [1.82, 2.24) is 15.1 Å². The average Bonchev–Trinajstić information content (AvgIpc) is 2.94. The van der Waals surface area contributed by atoms with Crippen LogP contribution in [-0.4, -0.2) is 61.5 Å². The molecule has 27 heavy (non-hydrogen) atoms. The number of nitrogens with one attached hydrogen (secondary N) is 1. The third kappa shape index (κ3) is 5.95. The molecule has 1 fully saturated rings. The van der Waals surface area contributed by atoms with Crippen molar-refractivity contribution in [1.29, 1.82) is 0 Å². The lowest BCUT2D eigenvalue weighted by Gasteiger charge is -2.26. The number of rotatable bonds is 7. The minimum atomic E-state index is -4.46. The lowest BCUT2D eigenvalue weighted by atomic mass is 10.0. The monoisotopic (exact) mass is 385 g/mol. The van der Waals surface area contributed by atoms with Crippen LogP contribution in [0.15, 0.2) is 24.3 Å². The fourth-order valence-electron chi connectivity index (χ4n) is 3.23. The molecule has 1 saturated heterocycles. The highest BCUT2D eigenvalue weighted by molar-refractivity contribution is 5.89. The van der Waals surface area contributed by atoms with Gasteiger partial charge in [-0.25, -0.2) is 0 Å². The van der Waals surface area contributed by atoms with Crippen LogP contribution in [0.1, 0.15) is 30.5 Å². The van der Waals surface area contributed by atoms with Gasteiger partial charge in [0.05, 0.1) is 12.0 Å². The summed E-state index contributed by atoms with van der Waals surface area (Å²) in [7, 11) is 3.80. The molecule has 150 valence electrons. The molecule has 1 aromatic carbocycles. The molecule has 0 spiro atoms. The zero-order valence-corrected chi connectivity index (χ0v) is 15.8. The zero-order chi connectivity index (χ0) is 20.2. The Kier molecular flexibility index (Phi) is 6.86. The second-order valence-corrected chi connectivity index (χ2v) is 7.11. The second kappa shape index (κ2) is 8.73. The van der Waals surface area contributed by atoms with Gasteiger partial charge in [0.15, 0.2) is 0 Å². The number of carbonyl (C=O) groups excluding carboxylic acids is 2. The molecule has 0 saturated carbocycles. The van der Waals surface area contributed by atoms with Crippen molar-refractivity contribution in [3.63, 3.8) is 0 Å². The Morgan fingerprint density at radius 2 is 1.93 bits per heavy atom. The molecule has 1 aromatic rings. The van der Waals surface area contributed by atoms with Crippen LogP contribution in [0.25, 0.3) is 0 Å². The summed E-state index contributed by atoms with van der Waals surface area (Å²) in [5.41, 5.74) is 2.26. The van der Waals surface area contributed by atoms with Crippen molar-refractivity contribution < 1.29 is 22.8 Å². The first-order chi connectivity index (χ1) is 12.6. The lowest BCUT2D eigenvalue weighted by Crippen LogP contribution is -2.39. The van der Waals surface area contributed by atoms with E-state index >= 15 is 0 Å². The third-order valence-electron chi connectivity index (χ3n) is 4.82. The van der Waals surface area contributed by atoms with Gasteiger partial charge in [0, 0.05) is 19.5 Å². The summed E-state index contributed by atoms with van der Waals surface area (Å²) in [6.07, 6.45) is -3.70. The van der Waals surface area contributed by atoms with Crippen LogP contribution >= 0.6 is 0 Å². The molecule has 2 rings (SSSR count). The van der Waals surface area contributed by atoms with E-state index in [2.05, 4.69) is 12.2 Å². The Labute approximate surface area is 157 Å². The Bertz CT molecular complexity index is 659. The number of halogens is 3. The minimum Gasteiger partial charge on any atom is -0.354 e. The number of alkyl halides is 3. The topological polar surface area (TPSA) is 52.7 Å². The standard InChI is InChI=1S/C19H26F3N3O2/c1-4-13-5-7-14(8-6-13)16(24(2)3)10-23-18(27)15-9-17(26)25(11-15)12-19(20,21)22/h5-8,15-16H,4,9-12H2,1-3H3,(H,23,27). The molecular formula is C19H26F3N3O2. The minimum absolute atomic E-state index is 0.0664. The summed E-state index contributed by atoms with van der Waals surface area (Å²) in [5, 5.41) is 2.80. The molecule has 0 aromatic heterocycles. The number of aryl methyl sites for hydroxylation is 1. The van der Waals surface area contributed by atoms with Gasteiger partial charge in [-0.3, -0.25) is 9.59 Å². The third-order valence-corrected chi connectivity index (χ3v) is 4.82. The molecule has 0 bridgehead atoms. The van der Waals surface area contributed by atoms with Gasteiger partial charge in [0.25, 0.3) is 0 Å². The molecule has 0 radical (unpaired) electrons.